The lowest BCUT2D eigenvalue weighted by atomic mass is 9.81. The van der Waals surface area contributed by atoms with Crippen LogP contribution < -0.4 is 0 Å². The van der Waals surface area contributed by atoms with Crippen LogP contribution in [0.25, 0.3) is 5.32 Å². The second-order valence-corrected chi connectivity index (χ2v) is 5.60. The monoisotopic (exact) mass is 356 g/mol. The predicted molar refractivity (Wildman–Crippen MR) is 78.4 cm³/mol. The van der Waals surface area contributed by atoms with Gasteiger partial charge >= 0.3 is 12.4 Å². The minimum absolute atomic E-state index is 0.0415. The Morgan fingerprint density at radius 1 is 1.00 bits per heavy atom. The zero-order valence-corrected chi connectivity index (χ0v) is 13.2. The van der Waals surface area contributed by atoms with Crippen molar-refractivity contribution in [2.24, 2.45) is 5.92 Å². The fourth-order valence-electron chi connectivity index (χ4n) is 2.57. The molecule has 1 atom stereocenters. The van der Waals surface area contributed by atoms with E-state index in [0.717, 1.165) is 5.56 Å². The summed E-state index contributed by atoms with van der Waals surface area (Å²) in [5.41, 5.74) is -3.78. The molecule has 0 spiro atoms. The number of alkyl halides is 6. The second-order valence-electron chi connectivity index (χ2n) is 5.60. The van der Waals surface area contributed by atoms with E-state index in [-0.39, 0.29) is 13.0 Å². The van der Waals surface area contributed by atoms with Crippen LogP contribution in [0.1, 0.15) is 31.7 Å². The van der Waals surface area contributed by atoms with Crippen LogP contribution in [-0.4, -0.2) is 29.6 Å². The molecular weight excluding hydrogens is 336 g/mol. The van der Waals surface area contributed by atoms with E-state index < -0.39 is 36.7 Å². The summed E-state index contributed by atoms with van der Waals surface area (Å²) in [6, 6.07) is 9.09. The molecule has 8 heteroatoms. The van der Waals surface area contributed by atoms with E-state index in [9.17, 15) is 31.4 Å². The van der Waals surface area contributed by atoms with Crippen molar-refractivity contribution in [3.05, 3.63) is 41.2 Å². The molecule has 2 nitrogen and oxygen atoms in total. The van der Waals surface area contributed by atoms with Crippen LogP contribution in [0.2, 0.25) is 0 Å². The lowest BCUT2D eigenvalue weighted by molar-refractivity contribution is -0.385. The maximum absolute atomic E-state index is 12.8. The third-order valence-corrected chi connectivity index (χ3v) is 3.95. The molecule has 0 aliphatic heterocycles. The van der Waals surface area contributed by atoms with Gasteiger partial charge < -0.3 is 10.4 Å². The quantitative estimate of drug-likeness (QED) is 0.503. The van der Waals surface area contributed by atoms with E-state index in [1.807, 2.05) is 30.3 Å². The van der Waals surface area contributed by atoms with Crippen LogP contribution in [0.4, 0.5) is 26.3 Å². The highest BCUT2D eigenvalue weighted by molar-refractivity contribution is 5.17. The fourth-order valence-corrected chi connectivity index (χ4v) is 2.57. The van der Waals surface area contributed by atoms with Gasteiger partial charge in [-0.05, 0) is 12.8 Å². The highest BCUT2D eigenvalue weighted by Gasteiger charge is 2.72. The summed E-state index contributed by atoms with van der Waals surface area (Å²) in [7, 11) is 0. The standard InChI is InChI=1S/C16H20F6NO/c1-2-13(14(24,15(17,18)19)16(20,21)22)9-6-10-23-11-12-7-4-3-5-8-12/h3-5,7-8,13,24H,2,6,9-11H2,1H3/q-1. The van der Waals surface area contributed by atoms with Crippen LogP contribution in [-0.2, 0) is 6.54 Å². The average molecular weight is 356 g/mol. The van der Waals surface area contributed by atoms with Gasteiger partial charge in [0.25, 0.3) is 5.60 Å². The smallest absolute Gasteiger partial charge is 0.426 e. The van der Waals surface area contributed by atoms with Gasteiger partial charge in [0.2, 0.25) is 0 Å². The third kappa shape index (κ3) is 4.86. The Bertz CT molecular complexity index is 472. The highest BCUT2D eigenvalue weighted by atomic mass is 19.4. The van der Waals surface area contributed by atoms with Gasteiger partial charge in [-0.2, -0.15) is 26.3 Å². The van der Waals surface area contributed by atoms with E-state index in [1.165, 1.54) is 6.92 Å². The van der Waals surface area contributed by atoms with Crippen molar-refractivity contribution in [1.82, 2.24) is 0 Å². The molecule has 0 aliphatic rings. The number of halogens is 6. The summed E-state index contributed by atoms with van der Waals surface area (Å²) in [5, 5.41) is 13.5. The summed E-state index contributed by atoms with van der Waals surface area (Å²) in [4.78, 5) is 0. The van der Waals surface area contributed by atoms with Crippen LogP contribution in [0.5, 0.6) is 0 Å². The highest BCUT2D eigenvalue weighted by Crippen LogP contribution is 2.49. The van der Waals surface area contributed by atoms with Gasteiger partial charge in [-0.3, -0.25) is 0 Å². The topological polar surface area (TPSA) is 34.3 Å². The summed E-state index contributed by atoms with van der Waals surface area (Å²) in [6.45, 7) is 1.69. The molecule has 0 aliphatic carbocycles. The Morgan fingerprint density at radius 3 is 2.00 bits per heavy atom. The van der Waals surface area contributed by atoms with Gasteiger partial charge in [-0.15, -0.1) is 13.1 Å². The Balaban J connectivity index is 2.59. The van der Waals surface area contributed by atoms with Crippen LogP contribution in [0.3, 0.4) is 0 Å². The van der Waals surface area contributed by atoms with E-state index in [1.54, 1.807) is 0 Å². The molecule has 138 valence electrons. The fraction of sp³-hybridized carbons (Fsp3) is 0.625. The normalized spacial score (nSPS) is 14.7. The summed E-state index contributed by atoms with van der Waals surface area (Å²) in [6.07, 6.45) is -12.3. The van der Waals surface area contributed by atoms with Crippen molar-refractivity contribution in [1.29, 1.82) is 0 Å². The maximum atomic E-state index is 12.8. The molecule has 0 radical (unpaired) electrons. The zero-order chi connectivity index (χ0) is 18.4. The first-order chi connectivity index (χ1) is 11.0. The molecule has 0 fully saturated rings. The summed E-state index contributed by atoms with van der Waals surface area (Å²) >= 11 is 0. The van der Waals surface area contributed by atoms with Crippen molar-refractivity contribution in [3.8, 4) is 0 Å². The lowest BCUT2D eigenvalue weighted by Gasteiger charge is -2.39. The first-order valence-electron chi connectivity index (χ1n) is 7.57. The largest absolute Gasteiger partial charge is 0.658 e. The molecule has 1 aromatic rings. The second kappa shape index (κ2) is 8.20. The van der Waals surface area contributed by atoms with E-state index in [2.05, 4.69) is 5.32 Å². The molecule has 1 N–H and O–H groups in total. The van der Waals surface area contributed by atoms with Crippen molar-refractivity contribution >= 4 is 0 Å². The van der Waals surface area contributed by atoms with Gasteiger partial charge in [0.15, 0.2) is 0 Å². The molecule has 1 rings (SSSR count). The summed E-state index contributed by atoms with van der Waals surface area (Å²) in [5.74, 6) is -1.95. The van der Waals surface area contributed by atoms with Crippen LogP contribution >= 0.6 is 0 Å². The first kappa shape index (κ1) is 20.8. The minimum Gasteiger partial charge on any atom is -0.658 e. The van der Waals surface area contributed by atoms with Crippen molar-refractivity contribution in [3.63, 3.8) is 0 Å². The average Bonchev–Trinajstić information content (AvgIpc) is 2.49. The zero-order valence-electron chi connectivity index (χ0n) is 13.2. The van der Waals surface area contributed by atoms with Gasteiger partial charge in [0, 0.05) is 5.92 Å². The Hall–Kier alpha value is -1.28. The van der Waals surface area contributed by atoms with Gasteiger partial charge in [0.1, 0.15) is 0 Å². The molecule has 0 heterocycles. The minimum atomic E-state index is -5.77. The Labute approximate surface area is 136 Å². The molecule has 0 bridgehead atoms. The molecule has 0 saturated heterocycles. The number of nitrogens with zero attached hydrogens (tertiary/aromatic N) is 1. The van der Waals surface area contributed by atoms with E-state index in [4.69, 9.17) is 0 Å². The molecule has 0 aromatic heterocycles. The molecule has 0 saturated carbocycles. The maximum Gasteiger partial charge on any atom is 0.426 e. The SMILES string of the molecule is CCC(CCC[N-]Cc1ccccc1)C(O)(C(F)(F)F)C(F)(F)F. The summed E-state index contributed by atoms with van der Waals surface area (Å²) < 4.78 is 77.0. The molecule has 24 heavy (non-hydrogen) atoms. The lowest BCUT2D eigenvalue weighted by Crippen LogP contribution is -2.61. The molecular formula is C16H20F6NO-. The van der Waals surface area contributed by atoms with E-state index >= 15 is 0 Å². The van der Waals surface area contributed by atoms with Crippen molar-refractivity contribution in [2.45, 2.75) is 50.7 Å². The molecule has 1 aromatic carbocycles. The van der Waals surface area contributed by atoms with Gasteiger partial charge in [0.05, 0.1) is 0 Å². The van der Waals surface area contributed by atoms with Crippen LogP contribution in [0.15, 0.2) is 30.3 Å². The Kier molecular flexibility index (Phi) is 7.10. The van der Waals surface area contributed by atoms with E-state index in [0.29, 0.717) is 6.54 Å². The van der Waals surface area contributed by atoms with Crippen LogP contribution in [0, 0.1) is 5.92 Å². The predicted octanol–water partition coefficient (Wildman–Crippen LogP) is 5.22. The number of hydrogen-bond donors (Lipinski definition) is 1. The number of hydrogen-bond acceptors (Lipinski definition) is 1. The third-order valence-electron chi connectivity index (χ3n) is 3.95. The van der Waals surface area contributed by atoms with Gasteiger partial charge in [-0.25, -0.2) is 0 Å². The molecule has 0 amide bonds. The number of benzene rings is 1. The van der Waals surface area contributed by atoms with Gasteiger partial charge in [-0.1, -0.05) is 49.2 Å². The van der Waals surface area contributed by atoms with Crippen molar-refractivity contribution in [2.75, 3.05) is 6.54 Å². The van der Waals surface area contributed by atoms with Crippen molar-refractivity contribution < 1.29 is 31.4 Å². The number of aliphatic hydroxyl groups is 1. The number of rotatable bonds is 8. The Morgan fingerprint density at radius 2 is 1.54 bits per heavy atom. The first-order valence-corrected chi connectivity index (χ1v) is 7.57. The molecule has 1 unspecified atom stereocenters.